The fourth-order valence-electron chi connectivity index (χ4n) is 4.85. The van der Waals surface area contributed by atoms with Crippen LogP contribution in [-0.2, 0) is 19.6 Å². The highest BCUT2D eigenvalue weighted by molar-refractivity contribution is 4.85. The second-order valence-electron chi connectivity index (χ2n) is 13.4. The van der Waals surface area contributed by atoms with Gasteiger partial charge in [0.05, 0.1) is 37.9 Å². The first kappa shape index (κ1) is 38.2. The molecule has 3 atom stereocenters. The second kappa shape index (κ2) is 18.1. The summed E-state index contributed by atoms with van der Waals surface area (Å²) in [4.78, 5) is 46.5. The van der Waals surface area contributed by atoms with Crippen molar-refractivity contribution in [2.45, 2.75) is 97.4 Å². The molecule has 0 radical (unpaired) electrons. The molecule has 0 aliphatic heterocycles. The molecule has 246 valence electrons. The quantitative estimate of drug-likeness (QED) is 0.136. The van der Waals surface area contributed by atoms with Gasteiger partial charge in [0.25, 0.3) is 0 Å². The average Bonchev–Trinajstić information content (AvgIpc) is 2.85. The lowest BCUT2D eigenvalue weighted by atomic mass is 10.0. The monoisotopic (exact) mass is 601 g/mol. The maximum Gasteiger partial charge on any atom is 0.336 e. The Morgan fingerprint density at radius 2 is 1.17 bits per heavy atom. The molecule has 0 bridgehead atoms. The van der Waals surface area contributed by atoms with Crippen molar-refractivity contribution in [1.29, 1.82) is 0 Å². The smallest absolute Gasteiger partial charge is 0.336 e. The van der Waals surface area contributed by atoms with Gasteiger partial charge in [-0.15, -0.1) is 0 Å². The minimum Gasteiger partial charge on any atom is -0.391 e. The molecule has 42 heavy (non-hydrogen) atoms. The van der Waals surface area contributed by atoms with E-state index in [1.165, 1.54) is 0 Å². The van der Waals surface area contributed by atoms with Crippen LogP contribution in [0.15, 0.2) is 14.4 Å². The van der Waals surface area contributed by atoms with Crippen molar-refractivity contribution in [3.05, 3.63) is 31.5 Å². The highest BCUT2D eigenvalue weighted by Crippen LogP contribution is 2.14. The van der Waals surface area contributed by atoms with Crippen LogP contribution in [0.25, 0.3) is 0 Å². The molecule has 0 aliphatic rings. The molecule has 0 saturated carbocycles. The molecule has 1 rings (SSSR count). The third-order valence-corrected chi connectivity index (χ3v) is 7.06. The zero-order valence-electron chi connectivity index (χ0n) is 27.5. The number of aromatic nitrogens is 3. The average molecular weight is 602 g/mol. The normalized spacial score (nSPS) is 14.9. The Balaban J connectivity index is 3.30. The Kier molecular flexibility index (Phi) is 16.4. The summed E-state index contributed by atoms with van der Waals surface area (Å²) in [5, 5.41) is 35.4. The summed E-state index contributed by atoms with van der Waals surface area (Å²) in [7, 11) is 7.95. The van der Waals surface area contributed by atoms with Crippen molar-refractivity contribution in [2.24, 2.45) is 5.92 Å². The van der Waals surface area contributed by atoms with Gasteiger partial charge in [-0.25, -0.2) is 28.1 Å². The predicted octanol–water partition coefficient (Wildman–Crippen LogP) is -1.11. The summed E-state index contributed by atoms with van der Waals surface area (Å²) in [5.74, 6) is 0.127. The largest absolute Gasteiger partial charge is 0.391 e. The van der Waals surface area contributed by atoms with Crippen LogP contribution in [-0.4, -0.2) is 135 Å². The Labute approximate surface area is 251 Å². The van der Waals surface area contributed by atoms with E-state index in [1.807, 2.05) is 62.8 Å². The Hall–Kier alpha value is -1.87. The minimum atomic E-state index is -1.07. The fraction of sp³-hybridized carbons (Fsp3) is 0.897. The number of aliphatic hydroxyl groups is 3. The number of aliphatic hydroxyl groups excluding tert-OH is 3. The number of hydrogen-bond acceptors (Lipinski definition) is 10. The molecule has 0 amide bonds. The lowest BCUT2D eigenvalue weighted by Crippen LogP contribution is -2.58. The number of nitrogens with zero attached hydrogens (tertiary/aromatic N) is 6. The second-order valence-corrected chi connectivity index (χ2v) is 13.4. The predicted molar refractivity (Wildman–Crippen MR) is 167 cm³/mol. The molecule has 0 fully saturated rings. The first-order valence-corrected chi connectivity index (χ1v) is 15.2. The molecule has 13 nitrogen and oxygen atoms in total. The van der Waals surface area contributed by atoms with E-state index in [0.717, 1.165) is 39.6 Å². The number of β-amino-alcohol motifs (C(OH)–C–C–N with tert-alkyl or cyclic N) is 1. The van der Waals surface area contributed by atoms with Crippen LogP contribution in [0.2, 0.25) is 0 Å². The highest BCUT2D eigenvalue weighted by atomic mass is 16.3. The summed E-state index contributed by atoms with van der Waals surface area (Å²) < 4.78 is 2.53. The van der Waals surface area contributed by atoms with E-state index < -0.39 is 35.4 Å². The molecule has 3 unspecified atom stereocenters. The lowest BCUT2D eigenvalue weighted by molar-refractivity contribution is 0.0455. The fourth-order valence-corrected chi connectivity index (χ4v) is 4.85. The van der Waals surface area contributed by atoms with Gasteiger partial charge in [0.2, 0.25) is 0 Å². The van der Waals surface area contributed by atoms with Crippen molar-refractivity contribution < 1.29 is 15.3 Å². The molecule has 0 spiro atoms. The number of hydrogen-bond donors (Lipinski definition) is 4. The maximum atomic E-state index is 13.5. The van der Waals surface area contributed by atoms with Gasteiger partial charge in [0.1, 0.15) is 0 Å². The molecule has 13 heteroatoms. The van der Waals surface area contributed by atoms with Gasteiger partial charge in [-0.1, -0.05) is 13.8 Å². The Bertz CT molecular complexity index is 1090. The van der Waals surface area contributed by atoms with Crippen LogP contribution in [0, 0.1) is 5.92 Å². The van der Waals surface area contributed by atoms with E-state index in [-0.39, 0.29) is 44.2 Å². The molecule has 1 aromatic rings. The van der Waals surface area contributed by atoms with E-state index in [1.54, 1.807) is 0 Å². The third kappa shape index (κ3) is 13.6. The van der Waals surface area contributed by atoms with Crippen LogP contribution < -0.4 is 22.4 Å². The van der Waals surface area contributed by atoms with Crippen molar-refractivity contribution in [2.75, 3.05) is 67.5 Å². The molecule has 0 saturated heterocycles. The first-order chi connectivity index (χ1) is 19.4. The van der Waals surface area contributed by atoms with Crippen LogP contribution >= 0.6 is 0 Å². The zero-order valence-corrected chi connectivity index (χ0v) is 27.5. The van der Waals surface area contributed by atoms with Crippen molar-refractivity contribution in [3.63, 3.8) is 0 Å². The van der Waals surface area contributed by atoms with Crippen molar-refractivity contribution in [1.82, 2.24) is 33.7 Å². The highest BCUT2D eigenvalue weighted by Gasteiger charge is 2.26. The standard InChI is InChI=1S/C29H59N7O6/c1-22(2)16-23(37)19-34-26(40)35(20-24(38)17-30-12-10-13-31(6)7)28(42)36(27(34)41)21-25(39)18-33(29(3,4)5)15-11-14-32(8)9/h22-25,30,37-39H,10-21H2,1-9H3. The van der Waals surface area contributed by atoms with E-state index in [4.69, 9.17) is 0 Å². The van der Waals surface area contributed by atoms with E-state index in [9.17, 15) is 29.7 Å². The Morgan fingerprint density at radius 1 is 0.714 bits per heavy atom. The summed E-state index contributed by atoms with van der Waals surface area (Å²) in [6, 6.07) is 0. The topological polar surface area (TPSA) is 148 Å². The molecular formula is C29H59N7O6. The summed E-state index contributed by atoms with van der Waals surface area (Å²) >= 11 is 0. The summed E-state index contributed by atoms with van der Waals surface area (Å²) in [6.07, 6.45) is -1.01. The Morgan fingerprint density at radius 3 is 1.62 bits per heavy atom. The zero-order chi connectivity index (χ0) is 32.2. The molecule has 4 N–H and O–H groups in total. The van der Waals surface area contributed by atoms with Gasteiger partial charge in [0, 0.05) is 18.6 Å². The molecular weight excluding hydrogens is 542 g/mol. The van der Waals surface area contributed by atoms with Gasteiger partial charge >= 0.3 is 17.1 Å². The van der Waals surface area contributed by atoms with Crippen LogP contribution in [0.4, 0.5) is 0 Å². The summed E-state index contributed by atoms with van der Waals surface area (Å²) in [6.45, 7) is 12.5. The van der Waals surface area contributed by atoms with E-state index in [0.29, 0.717) is 19.5 Å². The molecule has 0 aromatic carbocycles. The van der Waals surface area contributed by atoms with Crippen LogP contribution in [0.1, 0.15) is 53.9 Å². The van der Waals surface area contributed by atoms with Crippen LogP contribution in [0.5, 0.6) is 0 Å². The van der Waals surface area contributed by atoms with E-state index in [2.05, 4.69) is 20.0 Å². The maximum absolute atomic E-state index is 13.5. The van der Waals surface area contributed by atoms with Crippen molar-refractivity contribution >= 4 is 0 Å². The molecule has 0 aliphatic carbocycles. The molecule has 1 heterocycles. The van der Waals surface area contributed by atoms with Gasteiger partial charge in [-0.2, -0.15) is 0 Å². The van der Waals surface area contributed by atoms with Crippen LogP contribution in [0.3, 0.4) is 0 Å². The van der Waals surface area contributed by atoms with Gasteiger partial charge in [-0.3, -0.25) is 4.90 Å². The van der Waals surface area contributed by atoms with Crippen molar-refractivity contribution in [3.8, 4) is 0 Å². The van der Waals surface area contributed by atoms with E-state index >= 15 is 0 Å². The molecule has 1 aromatic heterocycles. The summed E-state index contributed by atoms with van der Waals surface area (Å²) in [5.41, 5.74) is -2.92. The minimum absolute atomic E-state index is 0.127. The number of rotatable bonds is 20. The SMILES string of the molecule is CC(C)CC(O)Cn1c(=O)n(CC(O)CNCCCN(C)C)c(=O)n(CC(O)CN(CCCN(C)C)C(C)(C)C)c1=O. The number of nitrogens with one attached hydrogen (secondary N) is 1. The first-order valence-electron chi connectivity index (χ1n) is 15.2. The van der Waals surface area contributed by atoms with Gasteiger partial charge < -0.3 is 30.4 Å². The van der Waals surface area contributed by atoms with Gasteiger partial charge in [0.15, 0.2) is 0 Å². The lowest BCUT2D eigenvalue weighted by Gasteiger charge is -2.37. The third-order valence-electron chi connectivity index (χ3n) is 7.06. The van der Waals surface area contributed by atoms with Gasteiger partial charge in [-0.05, 0) is 100 Å².